The van der Waals surface area contributed by atoms with Crippen LogP contribution in [0.1, 0.15) is 10.5 Å². The molecule has 0 aliphatic heterocycles. The molecule has 0 atom stereocenters. The number of hydrogen-bond acceptors (Lipinski definition) is 2. The molecule has 6 heteroatoms. The van der Waals surface area contributed by atoms with Crippen molar-refractivity contribution in [3.05, 3.63) is 57.7 Å². The average Bonchev–Trinajstić information content (AvgIpc) is 2.87. The van der Waals surface area contributed by atoms with Gasteiger partial charge in [0.15, 0.2) is 5.69 Å². The maximum Gasteiger partial charge on any atom is 0.276 e. The Morgan fingerprint density at radius 2 is 2.05 bits per heavy atom. The topological polar surface area (TPSA) is 57.8 Å². The highest BCUT2D eigenvalue weighted by atomic mass is 79.9. The van der Waals surface area contributed by atoms with Crippen LogP contribution in [0.3, 0.4) is 0 Å². The second kappa shape index (κ2) is 5.26. The van der Waals surface area contributed by atoms with Crippen LogP contribution in [0.25, 0.3) is 10.9 Å². The predicted molar refractivity (Wildman–Crippen MR) is 83.2 cm³/mol. The van der Waals surface area contributed by atoms with Crippen molar-refractivity contribution in [2.24, 2.45) is 0 Å². The fraction of sp³-hybridized carbons (Fsp3) is 0. The number of aromatic nitrogens is 2. The van der Waals surface area contributed by atoms with Crippen LogP contribution in [0.5, 0.6) is 0 Å². The maximum atomic E-state index is 12.2. The quantitative estimate of drug-likeness (QED) is 0.726. The standard InChI is InChI=1S/C14H9BrClN3O/c15-10-6-5-8(7-11(10)16)17-14(20)13-9-3-1-2-4-12(9)18-19-13/h1-7H,(H,17,20)(H,18,19). The molecule has 4 nitrogen and oxygen atoms in total. The highest BCUT2D eigenvalue weighted by Crippen LogP contribution is 2.26. The zero-order valence-electron chi connectivity index (χ0n) is 10.2. The zero-order valence-corrected chi connectivity index (χ0v) is 12.5. The van der Waals surface area contributed by atoms with Gasteiger partial charge in [-0.1, -0.05) is 29.8 Å². The van der Waals surface area contributed by atoms with Gasteiger partial charge in [-0.05, 0) is 40.2 Å². The number of aromatic amines is 1. The van der Waals surface area contributed by atoms with Crippen LogP contribution < -0.4 is 5.32 Å². The molecule has 0 saturated carbocycles. The van der Waals surface area contributed by atoms with E-state index in [1.165, 1.54) is 0 Å². The third-order valence-corrected chi connectivity index (χ3v) is 4.10. The first-order valence-electron chi connectivity index (χ1n) is 5.84. The second-order valence-corrected chi connectivity index (χ2v) is 5.46. The Morgan fingerprint density at radius 1 is 1.25 bits per heavy atom. The Labute approximate surface area is 128 Å². The van der Waals surface area contributed by atoms with Crippen molar-refractivity contribution in [3.63, 3.8) is 0 Å². The SMILES string of the molecule is O=C(Nc1ccc(Br)c(Cl)c1)c1n[nH]c2ccccc12. The molecule has 0 aliphatic rings. The molecular weight excluding hydrogens is 342 g/mol. The third-order valence-electron chi connectivity index (χ3n) is 2.86. The average molecular weight is 351 g/mol. The number of carbonyl (C=O) groups excluding carboxylic acids is 1. The predicted octanol–water partition coefficient (Wildman–Crippen LogP) is 4.23. The van der Waals surface area contributed by atoms with Gasteiger partial charge in [-0.15, -0.1) is 0 Å². The molecule has 100 valence electrons. The molecule has 1 aromatic heterocycles. The van der Waals surface area contributed by atoms with Crippen LogP contribution in [0.15, 0.2) is 46.9 Å². The summed E-state index contributed by atoms with van der Waals surface area (Å²) < 4.78 is 0.780. The van der Waals surface area contributed by atoms with E-state index in [1.54, 1.807) is 18.2 Å². The van der Waals surface area contributed by atoms with E-state index in [4.69, 9.17) is 11.6 Å². The van der Waals surface area contributed by atoms with Crippen LogP contribution in [0.4, 0.5) is 5.69 Å². The van der Waals surface area contributed by atoms with Gasteiger partial charge in [0, 0.05) is 15.5 Å². The molecule has 1 amide bonds. The lowest BCUT2D eigenvalue weighted by Crippen LogP contribution is -2.12. The smallest absolute Gasteiger partial charge is 0.276 e. The molecule has 0 spiro atoms. The number of nitrogens with one attached hydrogen (secondary N) is 2. The van der Waals surface area contributed by atoms with Crippen molar-refractivity contribution in [2.45, 2.75) is 0 Å². The van der Waals surface area contributed by atoms with Gasteiger partial charge in [-0.3, -0.25) is 9.89 Å². The van der Waals surface area contributed by atoms with Crippen molar-refractivity contribution in [2.75, 3.05) is 5.32 Å². The fourth-order valence-electron chi connectivity index (χ4n) is 1.90. The monoisotopic (exact) mass is 349 g/mol. The van der Waals surface area contributed by atoms with Gasteiger partial charge >= 0.3 is 0 Å². The Kier molecular flexibility index (Phi) is 3.46. The van der Waals surface area contributed by atoms with E-state index in [9.17, 15) is 4.79 Å². The van der Waals surface area contributed by atoms with Gasteiger partial charge in [0.2, 0.25) is 0 Å². The number of rotatable bonds is 2. The van der Waals surface area contributed by atoms with Crippen LogP contribution in [-0.4, -0.2) is 16.1 Å². The molecule has 0 saturated heterocycles. The second-order valence-electron chi connectivity index (χ2n) is 4.20. The summed E-state index contributed by atoms with van der Waals surface area (Å²) in [6.07, 6.45) is 0. The normalized spacial score (nSPS) is 10.7. The molecule has 0 unspecified atom stereocenters. The molecule has 3 aromatic rings. The van der Waals surface area contributed by atoms with Crippen molar-refractivity contribution in [1.82, 2.24) is 10.2 Å². The van der Waals surface area contributed by atoms with Crippen LogP contribution in [0, 0.1) is 0 Å². The Balaban J connectivity index is 1.91. The number of amides is 1. The van der Waals surface area contributed by atoms with Crippen LogP contribution >= 0.6 is 27.5 Å². The van der Waals surface area contributed by atoms with Crippen molar-refractivity contribution < 1.29 is 4.79 Å². The lowest BCUT2D eigenvalue weighted by Gasteiger charge is -2.05. The Bertz CT molecular complexity index is 800. The molecule has 0 radical (unpaired) electrons. The Hall–Kier alpha value is -1.85. The number of hydrogen-bond donors (Lipinski definition) is 2. The highest BCUT2D eigenvalue weighted by Gasteiger charge is 2.14. The largest absolute Gasteiger partial charge is 0.321 e. The van der Waals surface area contributed by atoms with E-state index in [-0.39, 0.29) is 5.91 Å². The van der Waals surface area contributed by atoms with Gasteiger partial charge in [-0.25, -0.2) is 0 Å². The van der Waals surface area contributed by atoms with Crippen LogP contribution in [0.2, 0.25) is 5.02 Å². The lowest BCUT2D eigenvalue weighted by molar-refractivity contribution is 0.102. The fourth-order valence-corrected chi connectivity index (χ4v) is 2.33. The van der Waals surface area contributed by atoms with Gasteiger partial charge in [0.05, 0.1) is 10.5 Å². The molecule has 0 bridgehead atoms. The van der Waals surface area contributed by atoms with E-state index < -0.39 is 0 Å². The van der Waals surface area contributed by atoms with Gasteiger partial charge in [0.1, 0.15) is 0 Å². The van der Waals surface area contributed by atoms with E-state index in [2.05, 4.69) is 31.4 Å². The number of fused-ring (bicyclic) bond motifs is 1. The summed E-state index contributed by atoms with van der Waals surface area (Å²) in [4.78, 5) is 12.2. The summed E-state index contributed by atoms with van der Waals surface area (Å²) in [5.41, 5.74) is 1.81. The summed E-state index contributed by atoms with van der Waals surface area (Å²) in [7, 11) is 0. The van der Waals surface area contributed by atoms with Gasteiger partial charge < -0.3 is 5.32 Å². The number of H-pyrrole nitrogens is 1. The number of anilines is 1. The molecule has 0 fully saturated rings. The molecule has 0 aliphatic carbocycles. The minimum atomic E-state index is -0.277. The zero-order chi connectivity index (χ0) is 14.1. The van der Waals surface area contributed by atoms with Crippen molar-refractivity contribution >= 4 is 50.0 Å². The number of benzene rings is 2. The summed E-state index contributed by atoms with van der Waals surface area (Å²) in [5.74, 6) is -0.277. The maximum absolute atomic E-state index is 12.2. The number of para-hydroxylation sites is 1. The van der Waals surface area contributed by atoms with E-state index in [1.807, 2.05) is 24.3 Å². The lowest BCUT2D eigenvalue weighted by atomic mass is 10.2. The highest BCUT2D eigenvalue weighted by molar-refractivity contribution is 9.10. The minimum Gasteiger partial charge on any atom is -0.321 e. The molecule has 1 heterocycles. The molecular formula is C14H9BrClN3O. The van der Waals surface area contributed by atoms with Gasteiger partial charge in [-0.2, -0.15) is 5.10 Å². The molecule has 3 rings (SSSR count). The summed E-state index contributed by atoms with van der Waals surface area (Å²) in [5, 5.41) is 11.0. The van der Waals surface area contributed by atoms with E-state index in [0.717, 1.165) is 15.4 Å². The summed E-state index contributed by atoms with van der Waals surface area (Å²) >= 11 is 9.30. The first-order valence-corrected chi connectivity index (χ1v) is 7.02. The van der Waals surface area contributed by atoms with Crippen molar-refractivity contribution in [1.29, 1.82) is 0 Å². The molecule has 2 N–H and O–H groups in total. The number of halogens is 2. The van der Waals surface area contributed by atoms with E-state index >= 15 is 0 Å². The third kappa shape index (κ3) is 2.42. The summed E-state index contributed by atoms with van der Waals surface area (Å²) in [6, 6.07) is 12.7. The molecule has 20 heavy (non-hydrogen) atoms. The first-order chi connectivity index (χ1) is 9.65. The van der Waals surface area contributed by atoms with Gasteiger partial charge in [0.25, 0.3) is 5.91 Å². The van der Waals surface area contributed by atoms with Crippen LogP contribution in [-0.2, 0) is 0 Å². The van der Waals surface area contributed by atoms with E-state index in [0.29, 0.717) is 16.4 Å². The number of carbonyl (C=O) groups is 1. The Morgan fingerprint density at radius 3 is 2.85 bits per heavy atom. The summed E-state index contributed by atoms with van der Waals surface area (Å²) in [6.45, 7) is 0. The first kappa shape index (κ1) is 13.1. The number of nitrogens with zero attached hydrogens (tertiary/aromatic N) is 1. The minimum absolute atomic E-state index is 0.277. The van der Waals surface area contributed by atoms with Crippen molar-refractivity contribution in [3.8, 4) is 0 Å². The molecule has 2 aromatic carbocycles.